The van der Waals surface area contributed by atoms with Crippen LogP contribution in [0, 0.1) is 0 Å². The lowest BCUT2D eigenvalue weighted by Gasteiger charge is -2.07. The third-order valence-corrected chi connectivity index (χ3v) is 6.61. The second-order valence-corrected chi connectivity index (χ2v) is 8.94. The van der Waals surface area contributed by atoms with Gasteiger partial charge in [-0.3, -0.25) is 9.59 Å². The van der Waals surface area contributed by atoms with Crippen LogP contribution in [-0.4, -0.2) is 51.7 Å². The standard InChI is InChI=1S/C12H15N5O2S4/c1-17(2)10(19)3-9-14-7(4-20-9)5-21-11-15-16-12(23-11)22-6-8(13)18/h4H,3,5-6H2,1-2H3,(H2,13,18). The Morgan fingerprint density at radius 2 is 1.96 bits per heavy atom. The number of primary amides is 1. The molecule has 7 nitrogen and oxygen atoms in total. The number of rotatable bonds is 8. The normalized spacial score (nSPS) is 10.7. The van der Waals surface area contributed by atoms with Crippen molar-refractivity contribution in [3.63, 3.8) is 0 Å². The van der Waals surface area contributed by atoms with E-state index >= 15 is 0 Å². The molecule has 0 spiro atoms. The summed E-state index contributed by atoms with van der Waals surface area (Å²) in [6.07, 6.45) is 0.328. The van der Waals surface area contributed by atoms with Crippen molar-refractivity contribution < 1.29 is 9.59 Å². The van der Waals surface area contributed by atoms with Gasteiger partial charge >= 0.3 is 0 Å². The van der Waals surface area contributed by atoms with Gasteiger partial charge in [0.2, 0.25) is 11.8 Å². The third-order valence-electron chi connectivity index (χ3n) is 2.47. The number of thiazole rings is 1. The van der Waals surface area contributed by atoms with Crippen LogP contribution in [0.3, 0.4) is 0 Å². The molecule has 2 N–H and O–H groups in total. The fraction of sp³-hybridized carbons (Fsp3) is 0.417. The Labute approximate surface area is 150 Å². The van der Waals surface area contributed by atoms with Crippen molar-refractivity contribution in [1.82, 2.24) is 20.1 Å². The van der Waals surface area contributed by atoms with E-state index in [0.29, 0.717) is 12.2 Å². The summed E-state index contributed by atoms with van der Waals surface area (Å²) in [6, 6.07) is 0. The van der Waals surface area contributed by atoms with Crippen LogP contribution >= 0.6 is 46.2 Å². The van der Waals surface area contributed by atoms with Gasteiger partial charge in [-0.25, -0.2) is 4.98 Å². The van der Waals surface area contributed by atoms with E-state index in [2.05, 4.69) is 15.2 Å². The van der Waals surface area contributed by atoms with E-state index in [4.69, 9.17) is 5.73 Å². The number of nitrogens with two attached hydrogens (primary N) is 1. The first-order valence-corrected chi connectivity index (χ1v) is 10.1. The Morgan fingerprint density at radius 3 is 2.61 bits per heavy atom. The summed E-state index contributed by atoms with van der Waals surface area (Å²) in [6.45, 7) is 0. The average Bonchev–Trinajstić information content (AvgIpc) is 3.12. The fourth-order valence-corrected chi connectivity index (χ4v) is 4.91. The zero-order valence-corrected chi connectivity index (χ0v) is 15.8. The first kappa shape index (κ1) is 18.2. The fourth-order valence-electron chi connectivity index (χ4n) is 1.37. The van der Waals surface area contributed by atoms with E-state index in [1.807, 2.05) is 5.38 Å². The Kier molecular flexibility index (Phi) is 6.81. The maximum absolute atomic E-state index is 11.6. The summed E-state index contributed by atoms with van der Waals surface area (Å²) in [5.74, 6) is 0.539. The molecule has 2 rings (SSSR count). The van der Waals surface area contributed by atoms with E-state index < -0.39 is 0 Å². The van der Waals surface area contributed by atoms with Gasteiger partial charge in [0.25, 0.3) is 0 Å². The predicted octanol–water partition coefficient (Wildman–Crippen LogP) is 1.49. The SMILES string of the molecule is CN(C)C(=O)Cc1nc(CSc2nnc(SCC(N)=O)s2)cs1. The highest BCUT2D eigenvalue weighted by Crippen LogP contribution is 2.30. The van der Waals surface area contributed by atoms with Gasteiger partial charge in [-0.15, -0.1) is 21.5 Å². The molecule has 0 unspecified atom stereocenters. The van der Waals surface area contributed by atoms with Crippen LogP contribution in [0.15, 0.2) is 14.1 Å². The second-order valence-electron chi connectivity index (χ2n) is 4.58. The number of hydrogen-bond donors (Lipinski definition) is 1. The largest absolute Gasteiger partial charge is 0.369 e. The predicted molar refractivity (Wildman–Crippen MR) is 93.9 cm³/mol. The van der Waals surface area contributed by atoms with Crippen LogP contribution in [0.2, 0.25) is 0 Å². The molecule has 0 aliphatic rings. The minimum atomic E-state index is -0.373. The van der Waals surface area contributed by atoms with E-state index in [0.717, 1.165) is 19.4 Å². The maximum atomic E-state index is 11.6. The molecule has 0 aliphatic carbocycles. The molecule has 2 heterocycles. The van der Waals surface area contributed by atoms with Gasteiger partial charge in [0.1, 0.15) is 5.01 Å². The highest BCUT2D eigenvalue weighted by molar-refractivity contribution is 8.03. The molecular formula is C12H15N5O2S4. The van der Waals surface area contributed by atoms with Crippen LogP contribution in [0.4, 0.5) is 0 Å². The first-order chi connectivity index (χ1) is 10.9. The Bertz CT molecular complexity index is 685. The number of aromatic nitrogens is 3. The summed E-state index contributed by atoms with van der Waals surface area (Å²) >= 11 is 5.73. The lowest BCUT2D eigenvalue weighted by atomic mass is 10.4. The molecule has 23 heavy (non-hydrogen) atoms. The maximum Gasteiger partial charge on any atom is 0.228 e. The molecule has 2 aromatic heterocycles. The van der Waals surface area contributed by atoms with Crippen molar-refractivity contribution in [2.75, 3.05) is 19.8 Å². The summed E-state index contributed by atoms with van der Waals surface area (Å²) in [5.41, 5.74) is 6.01. The molecule has 0 saturated carbocycles. The summed E-state index contributed by atoms with van der Waals surface area (Å²) in [7, 11) is 3.46. The number of thioether (sulfide) groups is 2. The zero-order chi connectivity index (χ0) is 16.8. The molecule has 0 atom stereocenters. The van der Waals surface area contributed by atoms with Crippen molar-refractivity contribution in [2.24, 2.45) is 5.73 Å². The summed E-state index contributed by atoms with van der Waals surface area (Å²) in [4.78, 5) is 28.4. The molecule has 124 valence electrons. The average molecular weight is 390 g/mol. The van der Waals surface area contributed by atoms with Gasteiger partial charge in [-0.1, -0.05) is 34.9 Å². The smallest absolute Gasteiger partial charge is 0.228 e. The van der Waals surface area contributed by atoms with Gasteiger partial charge in [0, 0.05) is 25.2 Å². The molecule has 0 radical (unpaired) electrons. The Hall–Kier alpha value is -1.17. The molecule has 0 aromatic carbocycles. The molecule has 2 aromatic rings. The monoisotopic (exact) mass is 389 g/mol. The minimum absolute atomic E-state index is 0.0406. The summed E-state index contributed by atoms with van der Waals surface area (Å²) < 4.78 is 1.54. The van der Waals surface area contributed by atoms with Crippen molar-refractivity contribution in [1.29, 1.82) is 0 Å². The second kappa shape index (κ2) is 8.62. The van der Waals surface area contributed by atoms with E-state index in [-0.39, 0.29) is 17.6 Å². The lowest BCUT2D eigenvalue weighted by molar-refractivity contribution is -0.128. The molecule has 0 fully saturated rings. The van der Waals surface area contributed by atoms with Crippen molar-refractivity contribution in [3.05, 3.63) is 16.1 Å². The molecule has 0 saturated heterocycles. The van der Waals surface area contributed by atoms with Gasteiger partial charge in [0.05, 0.1) is 17.9 Å². The Balaban J connectivity index is 1.83. The van der Waals surface area contributed by atoms with Crippen LogP contribution in [0.25, 0.3) is 0 Å². The van der Waals surface area contributed by atoms with E-state index in [9.17, 15) is 9.59 Å². The summed E-state index contributed by atoms with van der Waals surface area (Å²) in [5, 5.41) is 10.8. The number of nitrogens with zero attached hydrogens (tertiary/aromatic N) is 4. The minimum Gasteiger partial charge on any atom is -0.369 e. The lowest BCUT2D eigenvalue weighted by Crippen LogP contribution is -2.23. The zero-order valence-electron chi connectivity index (χ0n) is 12.5. The molecule has 2 amide bonds. The van der Waals surface area contributed by atoms with Crippen molar-refractivity contribution in [3.8, 4) is 0 Å². The van der Waals surface area contributed by atoms with Gasteiger partial charge in [0.15, 0.2) is 8.68 Å². The van der Waals surface area contributed by atoms with Crippen LogP contribution in [-0.2, 0) is 21.8 Å². The van der Waals surface area contributed by atoms with Crippen LogP contribution in [0.5, 0.6) is 0 Å². The topological polar surface area (TPSA) is 102 Å². The molecule has 11 heteroatoms. The van der Waals surface area contributed by atoms with Gasteiger partial charge in [-0.2, -0.15) is 0 Å². The number of amides is 2. The number of carbonyl (C=O) groups is 2. The van der Waals surface area contributed by atoms with Crippen molar-refractivity contribution in [2.45, 2.75) is 20.9 Å². The van der Waals surface area contributed by atoms with Gasteiger partial charge in [-0.05, 0) is 0 Å². The Morgan fingerprint density at radius 1 is 1.26 bits per heavy atom. The molecule has 0 aliphatic heterocycles. The quantitative estimate of drug-likeness (QED) is 0.682. The molecular weight excluding hydrogens is 374 g/mol. The van der Waals surface area contributed by atoms with Crippen LogP contribution < -0.4 is 5.73 Å². The first-order valence-electron chi connectivity index (χ1n) is 6.45. The number of carbonyl (C=O) groups excluding carboxylic acids is 2. The molecule has 0 bridgehead atoms. The van der Waals surface area contributed by atoms with E-state index in [1.165, 1.54) is 46.2 Å². The van der Waals surface area contributed by atoms with E-state index in [1.54, 1.807) is 19.0 Å². The highest BCUT2D eigenvalue weighted by Gasteiger charge is 2.11. The van der Waals surface area contributed by atoms with Crippen LogP contribution in [0.1, 0.15) is 10.7 Å². The third kappa shape index (κ3) is 6.09. The highest BCUT2D eigenvalue weighted by atomic mass is 32.2. The number of likely N-dealkylation sites (N-methyl/N-ethyl adjacent to an activating group) is 1. The number of hydrogen-bond acceptors (Lipinski definition) is 9. The van der Waals surface area contributed by atoms with Crippen molar-refractivity contribution >= 4 is 58.0 Å². The van der Waals surface area contributed by atoms with Gasteiger partial charge < -0.3 is 10.6 Å².